The van der Waals surface area contributed by atoms with Crippen molar-refractivity contribution in [2.45, 2.75) is 51.1 Å². The van der Waals surface area contributed by atoms with Gasteiger partial charge in [-0.15, -0.1) is 10.2 Å². The fourth-order valence-electron chi connectivity index (χ4n) is 4.17. The first-order valence-corrected chi connectivity index (χ1v) is 9.04. The number of fused-ring (bicyclic) bond motifs is 1. The SMILES string of the molecule is O=C(Cn1nnc(-c2ccc(F)cc2)n1)N1CCCC2CCCCC21. The predicted molar refractivity (Wildman–Crippen MR) is 89.9 cm³/mol. The number of likely N-dealkylation sites (tertiary alicyclic amines) is 1. The highest BCUT2D eigenvalue weighted by molar-refractivity contribution is 5.76. The van der Waals surface area contributed by atoms with Crippen molar-refractivity contribution in [1.29, 1.82) is 0 Å². The van der Waals surface area contributed by atoms with E-state index in [-0.39, 0.29) is 18.3 Å². The van der Waals surface area contributed by atoms with Crippen molar-refractivity contribution >= 4 is 5.91 Å². The van der Waals surface area contributed by atoms with Crippen LogP contribution in [0.2, 0.25) is 0 Å². The topological polar surface area (TPSA) is 63.9 Å². The summed E-state index contributed by atoms with van der Waals surface area (Å²) in [7, 11) is 0. The maximum atomic E-state index is 13.0. The molecule has 2 fully saturated rings. The number of nitrogens with zero attached hydrogens (tertiary/aromatic N) is 5. The van der Waals surface area contributed by atoms with Gasteiger partial charge in [0.2, 0.25) is 11.7 Å². The van der Waals surface area contributed by atoms with Gasteiger partial charge in [-0.25, -0.2) is 4.39 Å². The zero-order chi connectivity index (χ0) is 17.2. The molecule has 2 atom stereocenters. The molecule has 2 heterocycles. The van der Waals surface area contributed by atoms with Crippen molar-refractivity contribution in [3.05, 3.63) is 30.1 Å². The normalized spacial score (nSPS) is 23.3. The molecule has 1 saturated carbocycles. The fourth-order valence-corrected chi connectivity index (χ4v) is 4.17. The van der Waals surface area contributed by atoms with Gasteiger partial charge in [0.1, 0.15) is 12.4 Å². The van der Waals surface area contributed by atoms with Crippen LogP contribution in [0.5, 0.6) is 0 Å². The largest absolute Gasteiger partial charge is 0.338 e. The molecule has 4 rings (SSSR count). The van der Waals surface area contributed by atoms with Crippen LogP contribution in [0.4, 0.5) is 4.39 Å². The molecule has 2 aliphatic rings. The van der Waals surface area contributed by atoms with Crippen LogP contribution in [-0.4, -0.2) is 43.6 Å². The Balaban J connectivity index is 1.45. The number of aromatic nitrogens is 4. The maximum absolute atomic E-state index is 13.0. The number of piperidine rings is 1. The highest BCUT2D eigenvalue weighted by Gasteiger charge is 2.35. The molecule has 0 bridgehead atoms. The number of amides is 1. The van der Waals surface area contributed by atoms with Gasteiger partial charge in [-0.1, -0.05) is 12.8 Å². The monoisotopic (exact) mass is 343 g/mol. The Kier molecular flexibility index (Phi) is 4.46. The van der Waals surface area contributed by atoms with Crippen LogP contribution in [0.15, 0.2) is 24.3 Å². The summed E-state index contributed by atoms with van der Waals surface area (Å²) in [6.45, 7) is 0.941. The summed E-state index contributed by atoms with van der Waals surface area (Å²) < 4.78 is 13.0. The summed E-state index contributed by atoms with van der Waals surface area (Å²) in [6, 6.07) is 6.32. The first kappa shape index (κ1) is 16.2. The maximum Gasteiger partial charge on any atom is 0.246 e. The van der Waals surface area contributed by atoms with Crippen molar-refractivity contribution in [3.63, 3.8) is 0 Å². The van der Waals surface area contributed by atoms with Crippen LogP contribution in [0.25, 0.3) is 11.4 Å². The van der Waals surface area contributed by atoms with Gasteiger partial charge in [0, 0.05) is 18.2 Å². The van der Waals surface area contributed by atoms with Crippen molar-refractivity contribution in [2.75, 3.05) is 6.54 Å². The van der Waals surface area contributed by atoms with E-state index >= 15 is 0 Å². The van der Waals surface area contributed by atoms with Crippen LogP contribution in [0.3, 0.4) is 0 Å². The van der Waals surface area contributed by atoms with E-state index in [2.05, 4.69) is 15.4 Å². The standard InChI is InChI=1S/C18H22FN5O/c19-15-9-7-14(8-10-15)18-20-22-24(21-18)12-17(25)23-11-3-5-13-4-1-2-6-16(13)23/h7-10,13,16H,1-6,11-12H2. The highest BCUT2D eigenvalue weighted by atomic mass is 19.1. The molecule has 0 spiro atoms. The Bertz CT molecular complexity index is 742. The molecule has 6 nitrogen and oxygen atoms in total. The first-order valence-electron chi connectivity index (χ1n) is 9.04. The lowest BCUT2D eigenvalue weighted by atomic mass is 9.78. The van der Waals surface area contributed by atoms with Gasteiger partial charge in [-0.3, -0.25) is 4.79 Å². The summed E-state index contributed by atoms with van der Waals surface area (Å²) >= 11 is 0. The van der Waals surface area contributed by atoms with Gasteiger partial charge < -0.3 is 4.90 Å². The molecule has 1 saturated heterocycles. The Morgan fingerprint density at radius 2 is 1.88 bits per heavy atom. The Hall–Kier alpha value is -2.31. The van der Waals surface area contributed by atoms with Crippen LogP contribution >= 0.6 is 0 Å². The van der Waals surface area contributed by atoms with E-state index in [0.717, 1.165) is 19.4 Å². The van der Waals surface area contributed by atoms with E-state index in [1.54, 1.807) is 12.1 Å². The second-order valence-electron chi connectivity index (χ2n) is 6.99. The number of halogens is 1. The Morgan fingerprint density at radius 1 is 1.12 bits per heavy atom. The third kappa shape index (κ3) is 3.41. The lowest BCUT2D eigenvalue weighted by Gasteiger charge is -2.44. The molecule has 0 radical (unpaired) electrons. The number of carbonyl (C=O) groups is 1. The molecular formula is C18H22FN5O. The van der Waals surface area contributed by atoms with Gasteiger partial charge >= 0.3 is 0 Å². The molecule has 25 heavy (non-hydrogen) atoms. The van der Waals surface area contributed by atoms with Gasteiger partial charge in [-0.2, -0.15) is 4.80 Å². The number of hydrogen-bond acceptors (Lipinski definition) is 4. The number of benzene rings is 1. The molecular weight excluding hydrogens is 321 g/mol. The number of hydrogen-bond donors (Lipinski definition) is 0. The molecule has 2 unspecified atom stereocenters. The zero-order valence-electron chi connectivity index (χ0n) is 14.1. The summed E-state index contributed by atoms with van der Waals surface area (Å²) in [6.07, 6.45) is 7.17. The number of tetrazole rings is 1. The van der Waals surface area contributed by atoms with Crippen LogP contribution < -0.4 is 0 Å². The van der Waals surface area contributed by atoms with Crippen molar-refractivity contribution in [1.82, 2.24) is 25.1 Å². The fraction of sp³-hybridized carbons (Fsp3) is 0.556. The minimum atomic E-state index is -0.307. The van der Waals surface area contributed by atoms with Crippen molar-refractivity contribution in [2.24, 2.45) is 5.92 Å². The van der Waals surface area contributed by atoms with Crippen LogP contribution in [0, 0.1) is 11.7 Å². The quantitative estimate of drug-likeness (QED) is 0.859. The average molecular weight is 343 g/mol. The molecule has 1 aliphatic heterocycles. The molecule has 2 aromatic rings. The molecule has 7 heteroatoms. The Morgan fingerprint density at radius 3 is 2.72 bits per heavy atom. The van der Waals surface area contributed by atoms with E-state index in [0.29, 0.717) is 23.3 Å². The van der Waals surface area contributed by atoms with Gasteiger partial charge in [0.15, 0.2) is 0 Å². The minimum Gasteiger partial charge on any atom is -0.338 e. The average Bonchev–Trinajstić information content (AvgIpc) is 3.10. The van der Waals surface area contributed by atoms with Gasteiger partial charge in [-0.05, 0) is 61.1 Å². The molecule has 0 N–H and O–H groups in total. The second-order valence-corrected chi connectivity index (χ2v) is 6.99. The first-order chi connectivity index (χ1) is 12.2. The summed E-state index contributed by atoms with van der Waals surface area (Å²) in [5.41, 5.74) is 0.686. The Labute approximate surface area is 146 Å². The van der Waals surface area contributed by atoms with Gasteiger partial charge in [0.25, 0.3) is 0 Å². The zero-order valence-corrected chi connectivity index (χ0v) is 14.1. The molecule has 1 aromatic carbocycles. The van der Waals surface area contributed by atoms with E-state index in [1.165, 1.54) is 42.6 Å². The third-order valence-corrected chi connectivity index (χ3v) is 5.40. The van der Waals surface area contributed by atoms with E-state index in [4.69, 9.17) is 0 Å². The number of rotatable bonds is 3. The molecule has 1 aliphatic carbocycles. The van der Waals surface area contributed by atoms with Crippen LogP contribution in [-0.2, 0) is 11.3 Å². The lowest BCUT2D eigenvalue weighted by Crippen LogP contribution is -2.50. The molecule has 1 amide bonds. The smallest absolute Gasteiger partial charge is 0.246 e. The van der Waals surface area contributed by atoms with Crippen molar-refractivity contribution in [3.8, 4) is 11.4 Å². The number of carbonyl (C=O) groups excluding carboxylic acids is 1. The minimum absolute atomic E-state index is 0.0691. The highest BCUT2D eigenvalue weighted by Crippen LogP contribution is 2.35. The second kappa shape index (κ2) is 6.90. The van der Waals surface area contributed by atoms with E-state index in [1.807, 2.05) is 4.90 Å². The molecule has 1 aromatic heterocycles. The third-order valence-electron chi connectivity index (χ3n) is 5.40. The molecule has 132 valence electrons. The summed E-state index contributed by atoms with van der Waals surface area (Å²) in [5, 5.41) is 12.2. The summed E-state index contributed by atoms with van der Waals surface area (Å²) in [4.78, 5) is 16.1. The van der Waals surface area contributed by atoms with E-state index < -0.39 is 0 Å². The van der Waals surface area contributed by atoms with Gasteiger partial charge in [0.05, 0.1) is 0 Å². The van der Waals surface area contributed by atoms with Crippen LogP contribution in [0.1, 0.15) is 38.5 Å². The van der Waals surface area contributed by atoms with Crippen molar-refractivity contribution < 1.29 is 9.18 Å². The predicted octanol–water partition coefficient (Wildman–Crippen LogP) is 2.66. The van der Waals surface area contributed by atoms with E-state index in [9.17, 15) is 9.18 Å². The lowest BCUT2D eigenvalue weighted by molar-refractivity contribution is -0.138. The summed E-state index contributed by atoms with van der Waals surface area (Å²) in [5.74, 6) is 0.824.